The van der Waals surface area contributed by atoms with E-state index in [0.29, 0.717) is 0 Å². The fraction of sp³-hybridized carbons (Fsp3) is 0.222. The molecule has 0 unspecified atom stereocenters. The molecule has 38 heavy (non-hydrogen) atoms. The molecule has 0 fully saturated rings. The molecule has 6 rings (SSSR count). The molecule has 0 radical (unpaired) electrons. The average molecular weight is 495 g/mol. The minimum absolute atomic E-state index is 0.144. The van der Waals surface area contributed by atoms with Crippen LogP contribution in [0.15, 0.2) is 97.1 Å². The molecule has 2 nitrogen and oxygen atoms in total. The first-order valence-corrected chi connectivity index (χ1v) is 13.4. The molecule has 0 amide bonds. The zero-order valence-electron chi connectivity index (χ0n) is 23.1. The maximum absolute atomic E-state index is 5.50. The third-order valence-electron chi connectivity index (χ3n) is 7.40. The van der Waals surface area contributed by atoms with E-state index in [1.807, 2.05) is 0 Å². The number of hydrogen-bond donors (Lipinski definition) is 0. The van der Waals surface area contributed by atoms with Gasteiger partial charge in [-0.05, 0) is 32.7 Å². The number of aromatic nitrogens is 2. The predicted octanol–water partition coefficient (Wildman–Crippen LogP) is 9.87. The number of rotatable bonds is 2. The highest BCUT2D eigenvalue weighted by Crippen LogP contribution is 2.41. The molecule has 0 N–H and O–H groups in total. The van der Waals surface area contributed by atoms with Crippen molar-refractivity contribution in [3.8, 4) is 22.3 Å². The Hall–Kier alpha value is -4.04. The largest absolute Gasteiger partial charge is 0.248 e. The van der Waals surface area contributed by atoms with E-state index in [4.69, 9.17) is 9.97 Å². The van der Waals surface area contributed by atoms with Gasteiger partial charge >= 0.3 is 0 Å². The van der Waals surface area contributed by atoms with Crippen molar-refractivity contribution in [1.82, 2.24) is 9.97 Å². The van der Waals surface area contributed by atoms with Gasteiger partial charge < -0.3 is 0 Å². The van der Waals surface area contributed by atoms with Crippen molar-refractivity contribution >= 4 is 32.6 Å². The summed E-state index contributed by atoms with van der Waals surface area (Å²) in [7, 11) is 0. The van der Waals surface area contributed by atoms with Crippen LogP contribution >= 0.6 is 0 Å². The Kier molecular flexibility index (Phi) is 5.61. The van der Waals surface area contributed by atoms with E-state index in [9.17, 15) is 0 Å². The van der Waals surface area contributed by atoms with Crippen molar-refractivity contribution in [3.05, 3.63) is 108 Å². The minimum Gasteiger partial charge on any atom is -0.248 e. The summed E-state index contributed by atoms with van der Waals surface area (Å²) >= 11 is 0. The second-order valence-corrected chi connectivity index (χ2v) is 12.3. The van der Waals surface area contributed by atoms with E-state index in [-0.39, 0.29) is 10.8 Å². The summed E-state index contributed by atoms with van der Waals surface area (Å²) in [6, 6.07) is 34.7. The van der Waals surface area contributed by atoms with Gasteiger partial charge in [0, 0.05) is 22.0 Å². The first-order chi connectivity index (χ1) is 18.1. The fourth-order valence-corrected chi connectivity index (χ4v) is 5.54. The normalized spacial score (nSPS) is 12.5. The zero-order chi connectivity index (χ0) is 26.7. The maximum Gasteiger partial charge on any atom is 0.0975 e. The average Bonchev–Trinajstić information content (AvgIpc) is 2.90. The molecule has 0 saturated carbocycles. The number of nitrogens with zero attached hydrogens (tertiary/aromatic N) is 2. The fourth-order valence-electron chi connectivity index (χ4n) is 5.54. The van der Waals surface area contributed by atoms with Crippen molar-refractivity contribution in [2.45, 2.75) is 52.4 Å². The van der Waals surface area contributed by atoms with Crippen molar-refractivity contribution < 1.29 is 0 Å². The van der Waals surface area contributed by atoms with Gasteiger partial charge in [0.15, 0.2) is 0 Å². The van der Waals surface area contributed by atoms with Crippen LogP contribution in [0, 0.1) is 0 Å². The summed E-state index contributed by atoms with van der Waals surface area (Å²) in [5.74, 6) is 0. The number of fused-ring (bicyclic) bond motifs is 3. The summed E-state index contributed by atoms with van der Waals surface area (Å²) in [6.45, 7) is 13.4. The third kappa shape index (κ3) is 4.05. The molecule has 0 bridgehead atoms. The summed E-state index contributed by atoms with van der Waals surface area (Å²) < 4.78 is 0. The lowest BCUT2D eigenvalue weighted by molar-refractivity contribution is 0.502. The SMILES string of the molecule is CC(C)(C)c1nc2c(-c3cccc4ccccc34)ccc(-c3cccc4ccccc34)c2nc1C(C)(C)C. The van der Waals surface area contributed by atoms with Gasteiger partial charge in [0.2, 0.25) is 0 Å². The molecule has 1 aromatic heterocycles. The lowest BCUT2D eigenvalue weighted by Crippen LogP contribution is -2.25. The van der Waals surface area contributed by atoms with Gasteiger partial charge in [-0.2, -0.15) is 0 Å². The van der Waals surface area contributed by atoms with Gasteiger partial charge in [0.05, 0.1) is 22.4 Å². The topological polar surface area (TPSA) is 25.8 Å². The van der Waals surface area contributed by atoms with Gasteiger partial charge in [-0.1, -0.05) is 139 Å². The summed E-state index contributed by atoms with van der Waals surface area (Å²) in [6.07, 6.45) is 0. The molecule has 0 atom stereocenters. The van der Waals surface area contributed by atoms with Crippen LogP contribution in [0.25, 0.3) is 54.8 Å². The molecule has 1 heterocycles. The van der Waals surface area contributed by atoms with Gasteiger partial charge in [-0.15, -0.1) is 0 Å². The van der Waals surface area contributed by atoms with Gasteiger partial charge in [-0.25, -0.2) is 9.97 Å². The standard InChI is InChI=1S/C36H34N2/c1-35(2,3)33-34(36(4,5)6)38-32-30(28-20-12-16-24-14-8-10-18-26(24)28)22-21-29(31(32)37-33)27-19-11-15-23-13-7-9-17-25(23)27/h7-22H,1-6H3. The van der Waals surface area contributed by atoms with E-state index in [2.05, 4.69) is 139 Å². The lowest BCUT2D eigenvalue weighted by Gasteiger charge is -2.29. The first kappa shape index (κ1) is 24.3. The molecule has 0 aliphatic carbocycles. The van der Waals surface area contributed by atoms with Crippen LogP contribution in [0.5, 0.6) is 0 Å². The Morgan fingerprint density at radius 3 is 1.16 bits per heavy atom. The maximum atomic E-state index is 5.50. The predicted molar refractivity (Wildman–Crippen MR) is 163 cm³/mol. The number of hydrogen-bond acceptors (Lipinski definition) is 2. The summed E-state index contributed by atoms with van der Waals surface area (Å²) in [5, 5.41) is 4.92. The highest BCUT2D eigenvalue weighted by atomic mass is 14.9. The molecular formula is C36H34N2. The van der Waals surface area contributed by atoms with Crippen LogP contribution in [-0.4, -0.2) is 9.97 Å². The second kappa shape index (κ2) is 8.77. The molecule has 188 valence electrons. The first-order valence-electron chi connectivity index (χ1n) is 13.4. The Morgan fingerprint density at radius 2 is 0.763 bits per heavy atom. The van der Waals surface area contributed by atoms with Crippen molar-refractivity contribution in [3.63, 3.8) is 0 Å². The summed E-state index contributed by atoms with van der Waals surface area (Å²) in [4.78, 5) is 11.0. The van der Waals surface area contributed by atoms with Gasteiger partial charge in [0.25, 0.3) is 0 Å². The van der Waals surface area contributed by atoms with E-state index < -0.39 is 0 Å². The van der Waals surface area contributed by atoms with Crippen LogP contribution in [-0.2, 0) is 10.8 Å². The molecule has 0 aliphatic rings. The van der Waals surface area contributed by atoms with Crippen LogP contribution in [0.1, 0.15) is 52.9 Å². The van der Waals surface area contributed by atoms with Crippen molar-refractivity contribution in [2.24, 2.45) is 0 Å². The van der Waals surface area contributed by atoms with Crippen molar-refractivity contribution in [2.75, 3.05) is 0 Å². The number of benzene rings is 5. The quantitative estimate of drug-likeness (QED) is 0.239. The van der Waals surface area contributed by atoms with E-state index in [1.165, 1.54) is 32.7 Å². The second-order valence-electron chi connectivity index (χ2n) is 12.3. The highest BCUT2D eigenvalue weighted by Gasteiger charge is 2.30. The highest BCUT2D eigenvalue weighted by molar-refractivity contribution is 6.09. The summed E-state index contributed by atoms with van der Waals surface area (Å²) in [5.41, 5.74) is 8.39. The smallest absolute Gasteiger partial charge is 0.0975 e. The van der Waals surface area contributed by atoms with E-state index in [0.717, 1.165) is 33.5 Å². The molecule has 0 aliphatic heterocycles. The third-order valence-corrected chi connectivity index (χ3v) is 7.40. The lowest BCUT2D eigenvalue weighted by atomic mass is 9.81. The van der Waals surface area contributed by atoms with Crippen molar-refractivity contribution in [1.29, 1.82) is 0 Å². The van der Waals surface area contributed by atoms with Crippen LogP contribution in [0.4, 0.5) is 0 Å². The van der Waals surface area contributed by atoms with Crippen LogP contribution in [0.3, 0.4) is 0 Å². The molecule has 0 spiro atoms. The van der Waals surface area contributed by atoms with Gasteiger partial charge in [-0.3, -0.25) is 0 Å². The Labute approximate surface area is 225 Å². The van der Waals surface area contributed by atoms with E-state index >= 15 is 0 Å². The molecule has 5 aromatic carbocycles. The molecule has 2 heteroatoms. The molecule has 0 saturated heterocycles. The van der Waals surface area contributed by atoms with Crippen LogP contribution in [0.2, 0.25) is 0 Å². The molecule has 6 aromatic rings. The zero-order valence-corrected chi connectivity index (χ0v) is 23.1. The van der Waals surface area contributed by atoms with E-state index in [1.54, 1.807) is 0 Å². The Bertz CT molecular complexity index is 1690. The van der Waals surface area contributed by atoms with Gasteiger partial charge in [0.1, 0.15) is 0 Å². The minimum atomic E-state index is -0.144. The molecular weight excluding hydrogens is 460 g/mol. The van der Waals surface area contributed by atoms with Crippen LogP contribution < -0.4 is 0 Å². The Balaban J connectivity index is 1.78. The Morgan fingerprint density at radius 1 is 0.395 bits per heavy atom. The monoisotopic (exact) mass is 494 g/mol.